The van der Waals surface area contributed by atoms with Crippen molar-refractivity contribution in [2.24, 2.45) is 5.73 Å². The summed E-state index contributed by atoms with van der Waals surface area (Å²) in [4.78, 5) is 38.1. The molecule has 5 N–H and O–H groups in total. The fourth-order valence-electron chi connectivity index (χ4n) is 6.51. The third-order valence-corrected chi connectivity index (χ3v) is 9.02. The summed E-state index contributed by atoms with van der Waals surface area (Å²) in [5.41, 5.74) is 9.91. The third kappa shape index (κ3) is 7.40. The second kappa shape index (κ2) is 15.0. The number of para-hydroxylation sites is 2. The second-order valence-corrected chi connectivity index (χ2v) is 12.0. The number of amides is 2. The van der Waals surface area contributed by atoms with Gasteiger partial charge in [0.25, 0.3) is 0 Å². The van der Waals surface area contributed by atoms with Crippen LogP contribution in [0.25, 0.3) is 11.0 Å². The number of methoxy groups -OCH3 is 1. The van der Waals surface area contributed by atoms with E-state index in [9.17, 15) is 23.5 Å². The van der Waals surface area contributed by atoms with Crippen LogP contribution >= 0.6 is 0 Å². The average molecular weight is 689 g/mol. The minimum Gasteiger partial charge on any atom is -0.465 e. The number of benzene rings is 3. The molecule has 1 aliphatic heterocycles. The summed E-state index contributed by atoms with van der Waals surface area (Å²) in [6.45, 7) is 0.0407. The van der Waals surface area contributed by atoms with E-state index in [1.54, 1.807) is 0 Å². The summed E-state index contributed by atoms with van der Waals surface area (Å²) < 4.78 is 54.6. The Morgan fingerprint density at radius 2 is 1.70 bits per heavy atom. The SMILES string of the molecule is COC(=O)NC(C(N)c1cncc(F)c1CCC1CN(C(=O)O)C(c2nc3ccccc3[nH]2)CO1)C(c1ccc(F)cc1)c1ccc(F)cc1. The number of nitrogens with zero attached hydrogens (tertiary/aromatic N) is 3. The van der Waals surface area contributed by atoms with Gasteiger partial charge in [0, 0.05) is 12.1 Å². The van der Waals surface area contributed by atoms with Crippen LogP contribution in [-0.2, 0) is 15.9 Å². The van der Waals surface area contributed by atoms with Gasteiger partial charge in [0.1, 0.15) is 29.3 Å². The van der Waals surface area contributed by atoms with Crippen LogP contribution in [0.5, 0.6) is 0 Å². The van der Waals surface area contributed by atoms with Gasteiger partial charge in [-0.2, -0.15) is 0 Å². The molecule has 1 fully saturated rings. The lowest BCUT2D eigenvalue weighted by molar-refractivity contribution is -0.0596. The number of morpholine rings is 1. The summed E-state index contributed by atoms with van der Waals surface area (Å²) in [6, 6.07) is 15.7. The maximum atomic E-state index is 15.6. The van der Waals surface area contributed by atoms with Gasteiger partial charge in [-0.15, -0.1) is 0 Å². The van der Waals surface area contributed by atoms with Crippen LogP contribution in [0.3, 0.4) is 0 Å². The van der Waals surface area contributed by atoms with Crippen molar-refractivity contribution in [2.75, 3.05) is 20.3 Å². The number of halogens is 3. The molecular weight excluding hydrogens is 653 g/mol. The Balaban J connectivity index is 1.27. The van der Waals surface area contributed by atoms with E-state index in [2.05, 4.69) is 20.3 Å². The minimum absolute atomic E-state index is 0.00879. The number of rotatable bonds is 10. The van der Waals surface area contributed by atoms with Crippen molar-refractivity contribution in [2.45, 2.75) is 43.0 Å². The third-order valence-electron chi connectivity index (χ3n) is 9.02. The van der Waals surface area contributed by atoms with Crippen LogP contribution in [-0.4, -0.2) is 69.6 Å². The molecule has 3 heterocycles. The normalized spacial score (nSPS) is 17.4. The number of aromatic nitrogens is 3. The molecule has 1 saturated heterocycles. The van der Waals surface area contributed by atoms with Crippen LogP contribution in [0.4, 0.5) is 22.8 Å². The largest absolute Gasteiger partial charge is 0.465 e. The number of fused-ring (bicyclic) bond motifs is 1. The van der Waals surface area contributed by atoms with Gasteiger partial charge in [-0.3, -0.25) is 9.88 Å². The van der Waals surface area contributed by atoms with Crippen LogP contribution in [0.2, 0.25) is 0 Å². The van der Waals surface area contributed by atoms with Crippen LogP contribution in [0.15, 0.2) is 85.2 Å². The average Bonchev–Trinajstić information content (AvgIpc) is 3.56. The molecule has 2 aromatic heterocycles. The highest BCUT2D eigenvalue weighted by Crippen LogP contribution is 2.36. The van der Waals surface area contributed by atoms with E-state index in [0.29, 0.717) is 22.5 Å². The Labute approximate surface area is 285 Å². The highest BCUT2D eigenvalue weighted by Gasteiger charge is 2.37. The molecular formula is C36H35F3N6O5. The van der Waals surface area contributed by atoms with Crippen molar-refractivity contribution in [1.29, 1.82) is 0 Å². The number of carbonyl (C=O) groups excluding carboxylic acids is 1. The maximum absolute atomic E-state index is 15.6. The standard InChI is InChI=1S/C36H35F3N6O5/c1-49-35(46)44-33(31(20-6-10-22(37)11-7-20)21-8-12-23(38)13-9-21)32(40)26-16-41-17-27(39)25(26)15-14-24-18-45(36(47)48)30(19-50-24)34-42-28-4-2-3-5-29(28)43-34/h2-13,16-17,24,30-33H,14-15,18-19,40H2,1H3,(H,42,43)(H,44,46)(H,47,48). The molecule has 0 saturated carbocycles. The Morgan fingerprint density at radius 1 is 1.04 bits per heavy atom. The van der Waals surface area contributed by atoms with E-state index in [1.807, 2.05) is 24.3 Å². The van der Waals surface area contributed by atoms with Gasteiger partial charge in [-0.1, -0.05) is 36.4 Å². The first kappa shape index (κ1) is 34.4. The van der Waals surface area contributed by atoms with E-state index in [-0.39, 0.29) is 37.1 Å². The fraction of sp³-hybridized carbons (Fsp3) is 0.278. The first-order valence-electron chi connectivity index (χ1n) is 15.9. The number of nitrogens with one attached hydrogen (secondary N) is 2. The van der Waals surface area contributed by atoms with Crippen LogP contribution in [0.1, 0.15) is 52.5 Å². The Hall–Kier alpha value is -5.47. The summed E-state index contributed by atoms with van der Waals surface area (Å²) in [5, 5.41) is 12.9. The van der Waals surface area contributed by atoms with Crippen molar-refractivity contribution >= 4 is 23.2 Å². The van der Waals surface area contributed by atoms with Crippen molar-refractivity contribution in [3.63, 3.8) is 0 Å². The zero-order valence-corrected chi connectivity index (χ0v) is 26.9. The number of alkyl carbamates (subject to hydrolysis) is 1. The fourth-order valence-corrected chi connectivity index (χ4v) is 6.51. The number of carboxylic acid groups (broad SMARTS) is 1. The molecule has 1 aliphatic rings. The molecule has 0 spiro atoms. The zero-order valence-electron chi connectivity index (χ0n) is 26.9. The lowest BCUT2D eigenvalue weighted by atomic mass is 9.79. The van der Waals surface area contributed by atoms with Crippen LogP contribution < -0.4 is 11.1 Å². The van der Waals surface area contributed by atoms with Crippen molar-refractivity contribution < 1.29 is 37.3 Å². The Bertz CT molecular complexity index is 1880. The molecule has 260 valence electrons. The van der Waals surface area contributed by atoms with Crippen molar-refractivity contribution in [3.8, 4) is 0 Å². The van der Waals surface area contributed by atoms with E-state index in [4.69, 9.17) is 15.2 Å². The first-order chi connectivity index (χ1) is 24.1. The number of pyridine rings is 1. The predicted molar refractivity (Wildman–Crippen MR) is 177 cm³/mol. The molecule has 4 atom stereocenters. The Kier molecular flexibility index (Phi) is 10.3. The highest BCUT2D eigenvalue weighted by molar-refractivity contribution is 5.75. The molecule has 14 heteroatoms. The van der Waals surface area contributed by atoms with Gasteiger partial charge in [-0.05, 0) is 71.5 Å². The zero-order chi connectivity index (χ0) is 35.4. The summed E-state index contributed by atoms with van der Waals surface area (Å²) >= 11 is 0. The molecule has 3 aromatic carbocycles. The number of H-pyrrole nitrogens is 1. The topological polar surface area (TPSA) is 156 Å². The molecule has 2 amide bonds. The van der Waals surface area contributed by atoms with E-state index in [0.717, 1.165) is 11.7 Å². The highest BCUT2D eigenvalue weighted by atomic mass is 19.1. The number of ether oxygens (including phenoxy) is 2. The van der Waals surface area contributed by atoms with Crippen LogP contribution in [0, 0.1) is 17.5 Å². The number of carbonyl (C=O) groups is 2. The Morgan fingerprint density at radius 3 is 2.32 bits per heavy atom. The molecule has 0 aliphatic carbocycles. The monoisotopic (exact) mass is 688 g/mol. The van der Waals surface area contributed by atoms with Gasteiger partial charge in [-0.25, -0.2) is 27.7 Å². The summed E-state index contributed by atoms with van der Waals surface area (Å²) in [7, 11) is 1.18. The number of hydrogen-bond donors (Lipinski definition) is 4. The predicted octanol–water partition coefficient (Wildman–Crippen LogP) is 5.98. The summed E-state index contributed by atoms with van der Waals surface area (Å²) in [5.74, 6) is -1.93. The molecule has 4 unspecified atom stereocenters. The number of imidazole rings is 1. The first-order valence-corrected chi connectivity index (χ1v) is 15.9. The lowest BCUT2D eigenvalue weighted by Crippen LogP contribution is -2.48. The van der Waals surface area contributed by atoms with Gasteiger partial charge < -0.3 is 30.6 Å². The minimum atomic E-state index is -1.15. The van der Waals surface area contributed by atoms with Gasteiger partial charge >= 0.3 is 12.2 Å². The van der Waals surface area contributed by atoms with Crippen molar-refractivity contribution in [1.82, 2.24) is 25.2 Å². The van der Waals surface area contributed by atoms with Gasteiger partial charge in [0.15, 0.2) is 0 Å². The summed E-state index contributed by atoms with van der Waals surface area (Å²) in [6.07, 6.45) is 0.219. The number of hydrogen-bond acceptors (Lipinski definition) is 7. The number of nitrogens with two attached hydrogens (primary N) is 1. The van der Waals surface area contributed by atoms with E-state index >= 15 is 4.39 Å². The number of aromatic amines is 1. The maximum Gasteiger partial charge on any atom is 0.408 e. The molecule has 11 nitrogen and oxygen atoms in total. The molecule has 0 bridgehead atoms. The van der Waals surface area contributed by atoms with Gasteiger partial charge in [0.05, 0.1) is 55.7 Å². The van der Waals surface area contributed by atoms with Crippen molar-refractivity contribution in [3.05, 3.63) is 131 Å². The van der Waals surface area contributed by atoms with Gasteiger partial charge in [0.2, 0.25) is 0 Å². The molecule has 5 aromatic rings. The molecule has 0 radical (unpaired) electrons. The molecule has 6 rings (SSSR count). The quantitative estimate of drug-likeness (QED) is 0.140. The molecule has 50 heavy (non-hydrogen) atoms. The lowest BCUT2D eigenvalue weighted by Gasteiger charge is -2.37. The smallest absolute Gasteiger partial charge is 0.408 e. The van der Waals surface area contributed by atoms with E-state index < -0.39 is 59.8 Å². The second-order valence-electron chi connectivity index (χ2n) is 12.0. The van der Waals surface area contributed by atoms with E-state index in [1.165, 1.54) is 66.7 Å².